The Morgan fingerprint density at radius 2 is 1.86 bits per heavy atom. The number of benzene rings is 2. The molecule has 1 unspecified atom stereocenters. The number of esters is 1. The first-order valence-electron chi connectivity index (χ1n) is 9.09. The summed E-state index contributed by atoms with van der Waals surface area (Å²) in [5, 5.41) is 0.815. The van der Waals surface area contributed by atoms with Crippen LogP contribution in [0.4, 0.5) is 0 Å². The summed E-state index contributed by atoms with van der Waals surface area (Å²) in [5.41, 5.74) is 2.45. The minimum Gasteiger partial charge on any atom is -0.493 e. The molecule has 3 rings (SSSR count). The summed E-state index contributed by atoms with van der Waals surface area (Å²) < 4.78 is 16.1. The molecular weight excluding hydrogens is 358 g/mol. The van der Waals surface area contributed by atoms with Gasteiger partial charge < -0.3 is 19.2 Å². The number of hydrogen-bond donors (Lipinski definition) is 1. The Morgan fingerprint density at radius 1 is 1.11 bits per heavy atom. The van der Waals surface area contributed by atoms with Crippen molar-refractivity contribution in [1.29, 1.82) is 0 Å². The standard InChI is InChI=1S/C22H23NO5/c1-5-27-18-11-10-15(12-19(18)26-4)22(25)28-14(3)21(24)20-13(2)23-17-9-7-6-8-16(17)20/h6-12,14,23H,5H2,1-4H3. The van der Waals surface area contributed by atoms with E-state index in [4.69, 9.17) is 14.2 Å². The number of aryl methyl sites for hydroxylation is 1. The fourth-order valence-corrected chi connectivity index (χ4v) is 3.15. The monoisotopic (exact) mass is 381 g/mol. The molecule has 0 bridgehead atoms. The van der Waals surface area contributed by atoms with Crippen LogP contribution in [0.1, 0.15) is 40.3 Å². The van der Waals surface area contributed by atoms with E-state index in [0.717, 1.165) is 16.6 Å². The minimum absolute atomic E-state index is 0.249. The molecular formula is C22H23NO5. The third-order valence-electron chi connectivity index (χ3n) is 4.49. The van der Waals surface area contributed by atoms with E-state index in [-0.39, 0.29) is 11.3 Å². The number of para-hydroxylation sites is 1. The van der Waals surface area contributed by atoms with Crippen molar-refractivity contribution in [2.75, 3.05) is 13.7 Å². The summed E-state index contributed by atoms with van der Waals surface area (Å²) in [4.78, 5) is 28.7. The lowest BCUT2D eigenvalue weighted by Gasteiger charge is -2.14. The highest BCUT2D eigenvalue weighted by Gasteiger charge is 2.25. The van der Waals surface area contributed by atoms with Gasteiger partial charge in [-0.15, -0.1) is 0 Å². The van der Waals surface area contributed by atoms with Crippen molar-refractivity contribution in [3.8, 4) is 11.5 Å². The van der Waals surface area contributed by atoms with Crippen molar-refractivity contribution >= 4 is 22.7 Å². The van der Waals surface area contributed by atoms with Crippen molar-refractivity contribution in [2.45, 2.75) is 26.9 Å². The highest BCUT2D eigenvalue weighted by atomic mass is 16.5. The molecule has 0 saturated heterocycles. The molecule has 1 heterocycles. The van der Waals surface area contributed by atoms with Crippen LogP contribution in [0.3, 0.4) is 0 Å². The number of rotatable bonds is 7. The van der Waals surface area contributed by atoms with Crippen LogP contribution in [-0.4, -0.2) is 36.6 Å². The lowest BCUT2D eigenvalue weighted by molar-refractivity contribution is 0.0318. The predicted octanol–water partition coefficient (Wildman–Crippen LogP) is 4.31. The zero-order valence-electron chi connectivity index (χ0n) is 16.4. The highest BCUT2D eigenvalue weighted by molar-refractivity contribution is 6.11. The van der Waals surface area contributed by atoms with Gasteiger partial charge in [0, 0.05) is 22.2 Å². The number of methoxy groups -OCH3 is 1. The van der Waals surface area contributed by atoms with E-state index in [1.54, 1.807) is 25.1 Å². The lowest BCUT2D eigenvalue weighted by atomic mass is 10.0. The zero-order chi connectivity index (χ0) is 20.3. The fraction of sp³-hybridized carbons (Fsp3) is 0.273. The second-order valence-electron chi connectivity index (χ2n) is 6.38. The average Bonchev–Trinajstić information content (AvgIpc) is 3.03. The normalized spacial score (nSPS) is 11.9. The van der Waals surface area contributed by atoms with Crippen molar-refractivity contribution in [1.82, 2.24) is 4.98 Å². The summed E-state index contributed by atoms with van der Waals surface area (Å²) >= 11 is 0. The Morgan fingerprint density at radius 3 is 2.57 bits per heavy atom. The third-order valence-corrected chi connectivity index (χ3v) is 4.49. The van der Waals surface area contributed by atoms with Gasteiger partial charge in [-0.3, -0.25) is 4.79 Å². The van der Waals surface area contributed by atoms with Gasteiger partial charge in [0.2, 0.25) is 5.78 Å². The van der Waals surface area contributed by atoms with Crippen molar-refractivity contribution in [3.05, 3.63) is 59.3 Å². The molecule has 1 atom stereocenters. The Hall–Kier alpha value is -3.28. The van der Waals surface area contributed by atoms with Gasteiger partial charge in [-0.1, -0.05) is 18.2 Å². The maximum atomic E-state index is 12.9. The Bertz CT molecular complexity index is 1020. The van der Waals surface area contributed by atoms with Crippen LogP contribution in [0.25, 0.3) is 10.9 Å². The molecule has 6 heteroatoms. The highest BCUT2D eigenvalue weighted by Crippen LogP contribution is 2.29. The van der Waals surface area contributed by atoms with Crippen LogP contribution >= 0.6 is 0 Å². The number of hydrogen-bond acceptors (Lipinski definition) is 5. The SMILES string of the molecule is CCOc1ccc(C(=O)OC(C)C(=O)c2c(C)[nH]c3ccccc23)cc1OC. The number of aromatic amines is 1. The molecule has 0 radical (unpaired) electrons. The summed E-state index contributed by atoms with van der Waals surface area (Å²) in [6.07, 6.45) is -0.928. The molecule has 0 spiro atoms. The van der Waals surface area contributed by atoms with Gasteiger partial charge in [-0.25, -0.2) is 4.79 Å². The smallest absolute Gasteiger partial charge is 0.338 e. The molecule has 0 aliphatic rings. The third kappa shape index (κ3) is 3.71. The van der Waals surface area contributed by atoms with Crippen LogP contribution < -0.4 is 9.47 Å². The van der Waals surface area contributed by atoms with Crippen LogP contribution in [0.5, 0.6) is 11.5 Å². The van der Waals surface area contributed by atoms with Crippen molar-refractivity contribution in [2.24, 2.45) is 0 Å². The molecule has 2 aromatic carbocycles. The molecule has 28 heavy (non-hydrogen) atoms. The molecule has 146 valence electrons. The van der Waals surface area contributed by atoms with Crippen LogP contribution in [-0.2, 0) is 4.74 Å². The van der Waals surface area contributed by atoms with Gasteiger partial charge in [-0.2, -0.15) is 0 Å². The molecule has 6 nitrogen and oxygen atoms in total. The first-order chi connectivity index (χ1) is 13.5. The van der Waals surface area contributed by atoms with Gasteiger partial charge in [-0.05, 0) is 45.0 Å². The molecule has 1 N–H and O–H groups in total. The van der Waals surface area contributed by atoms with Crippen LogP contribution in [0.15, 0.2) is 42.5 Å². The van der Waals surface area contributed by atoms with E-state index in [2.05, 4.69) is 4.98 Å². The van der Waals surface area contributed by atoms with Gasteiger partial charge in [0.05, 0.1) is 19.3 Å². The number of fused-ring (bicyclic) bond motifs is 1. The first kappa shape index (κ1) is 19.5. The first-order valence-corrected chi connectivity index (χ1v) is 9.09. The number of nitrogens with one attached hydrogen (secondary N) is 1. The quantitative estimate of drug-likeness (QED) is 0.487. The van der Waals surface area contributed by atoms with E-state index in [1.165, 1.54) is 7.11 Å². The lowest BCUT2D eigenvalue weighted by Crippen LogP contribution is -2.25. The van der Waals surface area contributed by atoms with E-state index in [1.807, 2.05) is 38.1 Å². The Labute approximate surface area is 163 Å². The topological polar surface area (TPSA) is 77.6 Å². The number of aromatic nitrogens is 1. The summed E-state index contributed by atoms with van der Waals surface area (Å²) in [7, 11) is 1.50. The van der Waals surface area contributed by atoms with E-state index in [0.29, 0.717) is 23.7 Å². The predicted molar refractivity (Wildman–Crippen MR) is 106 cm³/mol. The van der Waals surface area contributed by atoms with E-state index in [9.17, 15) is 9.59 Å². The molecule has 3 aromatic rings. The van der Waals surface area contributed by atoms with Crippen LogP contribution in [0, 0.1) is 6.92 Å². The number of ketones is 1. The largest absolute Gasteiger partial charge is 0.493 e. The zero-order valence-corrected chi connectivity index (χ0v) is 16.4. The molecule has 0 fully saturated rings. The molecule has 0 aliphatic carbocycles. The van der Waals surface area contributed by atoms with Crippen molar-refractivity contribution < 1.29 is 23.8 Å². The molecule has 0 amide bonds. The molecule has 0 aliphatic heterocycles. The van der Waals surface area contributed by atoms with Gasteiger partial charge in [0.1, 0.15) is 0 Å². The number of H-pyrrole nitrogens is 1. The second kappa shape index (κ2) is 8.17. The number of carbonyl (C=O) groups is 2. The van der Waals surface area contributed by atoms with E-state index >= 15 is 0 Å². The molecule has 0 saturated carbocycles. The van der Waals surface area contributed by atoms with Gasteiger partial charge in [0.25, 0.3) is 0 Å². The Balaban J connectivity index is 1.80. The fourth-order valence-electron chi connectivity index (χ4n) is 3.15. The number of Topliss-reactive ketones (excluding diaryl/α,β-unsaturated/α-hetero) is 1. The number of carbonyl (C=O) groups excluding carboxylic acids is 2. The van der Waals surface area contributed by atoms with Crippen molar-refractivity contribution in [3.63, 3.8) is 0 Å². The van der Waals surface area contributed by atoms with Gasteiger partial charge >= 0.3 is 5.97 Å². The summed E-state index contributed by atoms with van der Waals surface area (Å²) in [5.74, 6) is 0.128. The minimum atomic E-state index is -0.928. The molecule has 1 aromatic heterocycles. The summed E-state index contributed by atoms with van der Waals surface area (Å²) in [6.45, 7) is 5.75. The second-order valence-corrected chi connectivity index (χ2v) is 6.38. The average molecular weight is 381 g/mol. The summed E-state index contributed by atoms with van der Waals surface area (Å²) in [6, 6.07) is 12.3. The maximum Gasteiger partial charge on any atom is 0.338 e. The Kier molecular flexibility index (Phi) is 5.68. The maximum absolute atomic E-state index is 12.9. The van der Waals surface area contributed by atoms with E-state index < -0.39 is 12.1 Å². The number of ether oxygens (including phenoxy) is 3. The van der Waals surface area contributed by atoms with Gasteiger partial charge in [0.15, 0.2) is 17.6 Å². The van der Waals surface area contributed by atoms with Crippen LogP contribution in [0.2, 0.25) is 0 Å².